The lowest BCUT2D eigenvalue weighted by molar-refractivity contribution is 0.405. The average Bonchev–Trinajstić information content (AvgIpc) is 2.34. The molecule has 0 spiro atoms. The number of fused-ring (bicyclic) bond motifs is 1. The lowest BCUT2D eigenvalue weighted by atomic mass is 10.3. The Morgan fingerprint density at radius 2 is 1.83 bits per heavy atom. The third-order valence-corrected chi connectivity index (χ3v) is 2.87. The molecule has 1 N–H and O–H groups in total. The molecule has 2 rings (SSSR count). The summed E-state index contributed by atoms with van der Waals surface area (Å²) in [5.74, 6) is 0.661. The van der Waals surface area contributed by atoms with Gasteiger partial charge in [0.05, 0.1) is 11.0 Å². The molecule has 1 aromatic carbocycles. The molecule has 0 saturated carbocycles. The molecular formula is C13H17ClN4. The van der Waals surface area contributed by atoms with Gasteiger partial charge in [0.2, 0.25) is 0 Å². The second-order valence-corrected chi connectivity index (χ2v) is 4.79. The molecule has 0 saturated heterocycles. The van der Waals surface area contributed by atoms with Gasteiger partial charge < -0.3 is 10.2 Å². The fourth-order valence-corrected chi connectivity index (χ4v) is 1.89. The van der Waals surface area contributed by atoms with Crippen molar-refractivity contribution in [3.63, 3.8) is 0 Å². The van der Waals surface area contributed by atoms with Crippen molar-refractivity contribution in [1.29, 1.82) is 0 Å². The molecular weight excluding hydrogens is 248 g/mol. The average molecular weight is 265 g/mol. The first-order valence-corrected chi connectivity index (χ1v) is 6.35. The summed E-state index contributed by atoms with van der Waals surface area (Å²) in [5.41, 5.74) is 1.68. The molecule has 18 heavy (non-hydrogen) atoms. The number of nitrogens with one attached hydrogen (secondary N) is 1. The predicted octanol–water partition coefficient (Wildman–Crippen LogP) is 2.65. The van der Waals surface area contributed by atoms with E-state index in [9.17, 15) is 0 Å². The normalized spacial score (nSPS) is 11.1. The topological polar surface area (TPSA) is 41.0 Å². The molecule has 4 nitrogen and oxygen atoms in total. The molecule has 0 radical (unpaired) electrons. The minimum atomic E-state index is 0.429. The number of hydrogen-bond donors (Lipinski definition) is 1. The number of anilines is 1. The minimum absolute atomic E-state index is 0.429. The Kier molecular flexibility index (Phi) is 4.33. The van der Waals surface area contributed by atoms with Crippen LogP contribution >= 0.6 is 11.6 Å². The van der Waals surface area contributed by atoms with Gasteiger partial charge in [-0.3, -0.25) is 0 Å². The molecule has 0 aliphatic heterocycles. The van der Waals surface area contributed by atoms with E-state index < -0.39 is 0 Å². The fraction of sp³-hybridized carbons (Fsp3) is 0.385. The number of para-hydroxylation sites is 2. The molecule has 0 bridgehead atoms. The summed E-state index contributed by atoms with van der Waals surface area (Å²) in [6.45, 7) is 1.87. The van der Waals surface area contributed by atoms with Crippen LogP contribution in [0.4, 0.5) is 5.82 Å². The van der Waals surface area contributed by atoms with Gasteiger partial charge in [-0.15, -0.1) is 0 Å². The highest BCUT2D eigenvalue weighted by molar-refractivity contribution is 6.32. The summed E-state index contributed by atoms with van der Waals surface area (Å²) < 4.78 is 0. The summed E-state index contributed by atoms with van der Waals surface area (Å²) in [5, 5.41) is 3.66. The van der Waals surface area contributed by atoms with Crippen LogP contribution in [0, 0.1) is 0 Å². The molecule has 0 unspecified atom stereocenters. The second-order valence-electron chi connectivity index (χ2n) is 4.44. The summed E-state index contributed by atoms with van der Waals surface area (Å²) in [6.07, 6.45) is 1.04. The van der Waals surface area contributed by atoms with Crippen LogP contribution in [0.25, 0.3) is 11.0 Å². The van der Waals surface area contributed by atoms with E-state index in [4.69, 9.17) is 11.6 Å². The van der Waals surface area contributed by atoms with Gasteiger partial charge in [-0.1, -0.05) is 23.7 Å². The molecule has 96 valence electrons. The zero-order valence-electron chi connectivity index (χ0n) is 10.7. The first-order chi connectivity index (χ1) is 8.66. The summed E-state index contributed by atoms with van der Waals surface area (Å²) in [4.78, 5) is 10.9. The molecule has 1 heterocycles. The molecule has 0 fully saturated rings. The maximum Gasteiger partial charge on any atom is 0.172 e. The fourth-order valence-electron chi connectivity index (χ4n) is 1.69. The van der Waals surface area contributed by atoms with Gasteiger partial charge in [0.25, 0.3) is 0 Å². The van der Waals surface area contributed by atoms with E-state index in [2.05, 4.69) is 34.3 Å². The van der Waals surface area contributed by atoms with Crippen LogP contribution in [0.2, 0.25) is 5.15 Å². The van der Waals surface area contributed by atoms with Gasteiger partial charge in [0, 0.05) is 6.54 Å². The molecule has 2 aromatic rings. The number of halogens is 1. The van der Waals surface area contributed by atoms with E-state index in [0.717, 1.165) is 30.5 Å². The Hall–Kier alpha value is -1.39. The van der Waals surface area contributed by atoms with Crippen molar-refractivity contribution in [2.24, 2.45) is 0 Å². The highest BCUT2D eigenvalue weighted by atomic mass is 35.5. The van der Waals surface area contributed by atoms with Crippen LogP contribution in [-0.4, -0.2) is 42.1 Å². The van der Waals surface area contributed by atoms with Crippen molar-refractivity contribution in [3.05, 3.63) is 29.4 Å². The number of aromatic nitrogens is 2. The highest BCUT2D eigenvalue weighted by Crippen LogP contribution is 2.20. The predicted molar refractivity (Wildman–Crippen MR) is 76.2 cm³/mol. The van der Waals surface area contributed by atoms with Crippen LogP contribution in [0.1, 0.15) is 6.42 Å². The van der Waals surface area contributed by atoms with Crippen LogP contribution in [-0.2, 0) is 0 Å². The Balaban J connectivity index is 2.06. The van der Waals surface area contributed by atoms with E-state index in [-0.39, 0.29) is 0 Å². The van der Waals surface area contributed by atoms with Crippen LogP contribution in [0.3, 0.4) is 0 Å². The highest BCUT2D eigenvalue weighted by Gasteiger charge is 2.05. The Labute approximate surface area is 112 Å². The van der Waals surface area contributed by atoms with Gasteiger partial charge >= 0.3 is 0 Å². The first-order valence-electron chi connectivity index (χ1n) is 5.97. The minimum Gasteiger partial charge on any atom is -0.367 e. The van der Waals surface area contributed by atoms with Crippen LogP contribution in [0.15, 0.2) is 24.3 Å². The largest absolute Gasteiger partial charge is 0.367 e. The van der Waals surface area contributed by atoms with E-state index in [1.807, 2.05) is 24.3 Å². The maximum absolute atomic E-state index is 6.10. The summed E-state index contributed by atoms with van der Waals surface area (Å²) in [6, 6.07) is 7.71. The number of hydrogen-bond acceptors (Lipinski definition) is 4. The smallest absolute Gasteiger partial charge is 0.172 e. The molecule has 0 amide bonds. The van der Waals surface area contributed by atoms with Gasteiger partial charge in [-0.2, -0.15) is 0 Å². The lowest BCUT2D eigenvalue weighted by Crippen LogP contribution is -2.16. The molecule has 1 aromatic heterocycles. The van der Waals surface area contributed by atoms with Crippen molar-refractivity contribution in [1.82, 2.24) is 14.9 Å². The van der Waals surface area contributed by atoms with E-state index in [1.165, 1.54) is 0 Å². The molecule has 5 heteroatoms. The van der Waals surface area contributed by atoms with Crippen molar-refractivity contribution >= 4 is 28.5 Å². The number of rotatable bonds is 5. The van der Waals surface area contributed by atoms with Crippen molar-refractivity contribution < 1.29 is 0 Å². The molecule has 0 aliphatic carbocycles. The van der Waals surface area contributed by atoms with Crippen molar-refractivity contribution in [2.75, 3.05) is 32.5 Å². The van der Waals surface area contributed by atoms with Gasteiger partial charge in [-0.05, 0) is 39.2 Å². The van der Waals surface area contributed by atoms with E-state index in [1.54, 1.807) is 0 Å². The SMILES string of the molecule is CN(C)CCCNc1nc2ccccc2nc1Cl. The summed E-state index contributed by atoms with van der Waals surface area (Å²) in [7, 11) is 4.12. The molecule has 0 aliphatic rings. The first kappa shape index (κ1) is 13.1. The zero-order valence-corrected chi connectivity index (χ0v) is 11.4. The Morgan fingerprint density at radius 1 is 1.17 bits per heavy atom. The molecule has 0 atom stereocenters. The standard InChI is InChI=1S/C13H17ClN4/c1-18(2)9-5-8-15-13-12(14)16-10-6-3-4-7-11(10)17-13/h3-4,6-7H,5,8-9H2,1-2H3,(H,15,17). The monoisotopic (exact) mass is 264 g/mol. The number of nitrogens with zero attached hydrogens (tertiary/aromatic N) is 3. The van der Waals surface area contributed by atoms with Gasteiger partial charge in [0.1, 0.15) is 0 Å². The van der Waals surface area contributed by atoms with Gasteiger partial charge in [0.15, 0.2) is 11.0 Å². The maximum atomic E-state index is 6.10. The summed E-state index contributed by atoms with van der Waals surface area (Å²) >= 11 is 6.10. The Morgan fingerprint density at radius 3 is 2.50 bits per heavy atom. The zero-order chi connectivity index (χ0) is 13.0. The van der Waals surface area contributed by atoms with Gasteiger partial charge in [-0.25, -0.2) is 9.97 Å². The van der Waals surface area contributed by atoms with E-state index in [0.29, 0.717) is 11.0 Å². The second kappa shape index (κ2) is 5.98. The Bertz CT molecular complexity index is 527. The number of benzene rings is 1. The lowest BCUT2D eigenvalue weighted by Gasteiger charge is -2.11. The third-order valence-electron chi connectivity index (χ3n) is 2.60. The quantitative estimate of drug-likeness (QED) is 0.843. The van der Waals surface area contributed by atoms with Crippen molar-refractivity contribution in [2.45, 2.75) is 6.42 Å². The van der Waals surface area contributed by atoms with Crippen molar-refractivity contribution in [3.8, 4) is 0 Å². The third kappa shape index (κ3) is 3.31. The van der Waals surface area contributed by atoms with Crippen LogP contribution < -0.4 is 5.32 Å². The van der Waals surface area contributed by atoms with E-state index >= 15 is 0 Å². The van der Waals surface area contributed by atoms with Crippen LogP contribution in [0.5, 0.6) is 0 Å².